The van der Waals surface area contributed by atoms with Gasteiger partial charge in [-0.05, 0) is 26.7 Å². The summed E-state index contributed by atoms with van der Waals surface area (Å²) in [6, 6.07) is 0.465. The van der Waals surface area contributed by atoms with Crippen molar-refractivity contribution in [3.8, 4) is 0 Å². The predicted octanol–water partition coefficient (Wildman–Crippen LogP) is 2.08. The molecule has 2 rings (SSSR count). The van der Waals surface area contributed by atoms with Crippen LogP contribution in [0.3, 0.4) is 0 Å². The van der Waals surface area contributed by atoms with Crippen LogP contribution < -0.4 is 5.32 Å². The van der Waals surface area contributed by atoms with Gasteiger partial charge in [0.1, 0.15) is 0 Å². The molecule has 0 spiro atoms. The van der Waals surface area contributed by atoms with Crippen LogP contribution in [0.2, 0.25) is 0 Å². The Balaban J connectivity index is 1.94. The van der Waals surface area contributed by atoms with Gasteiger partial charge in [0, 0.05) is 33.2 Å². The van der Waals surface area contributed by atoms with Crippen molar-refractivity contribution < 1.29 is 4.21 Å². The van der Waals surface area contributed by atoms with E-state index in [0.29, 0.717) is 6.04 Å². The molecule has 0 aliphatic carbocycles. The Hall–Kier alpha value is -0.420. The SMILES string of the molecule is Cc1nc(NC2CCS(=O)CC2)sc1C. The number of rotatable bonds is 2. The third-order valence-electron chi connectivity index (χ3n) is 2.74. The predicted molar refractivity (Wildman–Crippen MR) is 66.1 cm³/mol. The number of nitrogens with one attached hydrogen (secondary N) is 1. The number of thiazole rings is 1. The van der Waals surface area contributed by atoms with E-state index >= 15 is 0 Å². The summed E-state index contributed by atoms with van der Waals surface area (Å²) in [6.07, 6.45) is 2.01. The summed E-state index contributed by atoms with van der Waals surface area (Å²) in [5, 5.41) is 4.45. The largest absolute Gasteiger partial charge is 0.359 e. The third kappa shape index (κ3) is 2.78. The van der Waals surface area contributed by atoms with Gasteiger partial charge in [-0.2, -0.15) is 0 Å². The van der Waals surface area contributed by atoms with Crippen molar-refractivity contribution in [2.45, 2.75) is 32.7 Å². The summed E-state index contributed by atoms with van der Waals surface area (Å²) < 4.78 is 11.2. The second-order valence-electron chi connectivity index (χ2n) is 3.93. The fourth-order valence-electron chi connectivity index (χ4n) is 1.65. The highest BCUT2D eigenvalue weighted by atomic mass is 32.2. The molecule has 1 saturated heterocycles. The zero-order valence-corrected chi connectivity index (χ0v) is 10.7. The van der Waals surface area contributed by atoms with Crippen LogP contribution in [0.4, 0.5) is 5.13 Å². The second-order valence-corrected chi connectivity index (χ2v) is 6.83. The van der Waals surface area contributed by atoms with Crippen molar-refractivity contribution in [2.75, 3.05) is 16.8 Å². The van der Waals surface area contributed by atoms with Crippen molar-refractivity contribution in [3.63, 3.8) is 0 Å². The summed E-state index contributed by atoms with van der Waals surface area (Å²) in [4.78, 5) is 5.73. The van der Waals surface area contributed by atoms with Crippen LogP contribution in [-0.4, -0.2) is 26.7 Å². The van der Waals surface area contributed by atoms with E-state index in [9.17, 15) is 4.21 Å². The molecule has 15 heavy (non-hydrogen) atoms. The average molecular weight is 244 g/mol. The maximum Gasteiger partial charge on any atom is 0.183 e. The molecule has 3 nitrogen and oxygen atoms in total. The molecule has 0 radical (unpaired) electrons. The number of anilines is 1. The van der Waals surface area contributed by atoms with E-state index < -0.39 is 10.8 Å². The van der Waals surface area contributed by atoms with E-state index in [-0.39, 0.29) is 0 Å². The zero-order chi connectivity index (χ0) is 10.8. The lowest BCUT2D eigenvalue weighted by atomic mass is 10.2. The number of hydrogen-bond donors (Lipinski definition) is 1. The van der Waals surface area contributed by atoms with Crippen LogP contribution in [0.1, 0.15) is 23.4 Å². The van der Waals surface area contributed by atoms with Crippen LogP contribution in [0.25, 0.3) is 0 Å². The van der Waals surface area contributed by atoms with Gasteiger partial charge in [-0.25, -0.2) is 4.98 Å². The van der Waals surface area contributed by atoms with Crippen molar-refractivity contribution in [3.05, 3.63) is 10.6 Å². The van der Waals surface area contributed by atoms with E-state index in [4.69, 9.17) is 0 Å². The van der Waals surface area contributed by atoms with E-state index in [2.05, 4.69) is 17.2 Å². The molecule has 1 N–H and O–H groups in total. The highest BCUT2D eigenvalue weighted by Crippen LogP contribution is 2.23. The topological polar surface area (TPSA) is 42.0 Å². The molecule has 84 valence electrons. The normalized spacial score (nSPS) is 26.5. The molecule has 0 bridgehead atoms. The van der Waals surface area contributed by atoms with Crippen molar-refractivity contribution >= 4 is 27.3 Å². The van der Waals surface area contributed by atoms with Crippen LogP contribution in [0.5, 0.6) is 0 Å². The fraction of sp³-hybridized carbons (Fsp3) is 0.700. The Morgan fingerprint density at radius 3 is 2.60 bits per heavy atom. The van der Waals surface area contributed by atoms with Crippen LogP contribution in [0, 0.1) is 13.8 Å². The van der Waals surface area contributed by atoms with E-state index in [1.165, 1.54) is 4.88 Å². The van der Waals surface area contributed by atoms with Crippen molar-refractivity contribution in [2.24, 2.45) is 0 Å². The van der Waals surface area contributed by atoms with E-state index in [1.54, 1.807) is 11.3 Å². The van der Waals surface area contributed by atoms with Gasteiger partial charge in [-0.1, -0.05) is 0 Å². The molecule has 2 heterocycles. The minimum absolute atomic E-state index is 0.465. The van der Waals surface area contributed by atoms with Gasteiger partial charge >= 0.3 is 0 Å². The number of aromatic nitrogens is 1. The van der Waals surface area contributed by atoms with Gasteiger partial charge in [0.2, 0.25) is 0 Å². The molecule has 1 aliphatic heterocycles. The van der Waals surface area contributed by atoms with E-state index in [0.717, 1.165) is 35.2 Å². The minimum Gasteiger partial charge on any atom is -0.359 e. The molecule has 0 amide bonds. The Bertz CT molecular complexity index is 346. The lowest BCUT2D eigenvalue weighted by Crippen LogP contribution is -2.29. The van der Waals surface area contributed by atoms with Gasteiger partial charge in [-0.15, -0.1) is 11.3 Å². The standard InChI is InChI=1S/C10H16N2OS2/c1-7-8(2)14-10(11-7)12-9-3-5-15(13)6-4-9/h9H,3-6H2,1-2H3,(H,11,12). The maximum atomic E-state index is 11.2. The summed E-state index contributed by atoms with van der Waals surface area (Å²) in [7, 11) is -0.575. The van der Waals surface area contributed by atoms with Crippen LogP contribution >= 0.6 is 11.3 Å². The van der Waals surface area contributed by atoms with E-state index in [1.807, 2.05) is 6.92 Å². The van der Waals surface area contributed by atoms with Crippen LogP contribution in [-0.2, 0) is 10.8 Å². The Morgan fingerprint density at radius 2 is 2.07 bits per heavy atom. The molecule has 0 unspecified atom stereocenters. The molecule has 0 aromatic carbocycles. The molecule has 0 atom stereocenters. The highest BCUT2D eigenvalue weighted by Gasteiger charge is 2.18. The Morgan fingerprint density at radius 1 is 1.40 bits per heavy atom. The lowest BCUT2D eigenvalue weighted by Gasteiger charge is -2.21. The second kappa shape index (κ2) is 4.61. The zero-order valence-electron chi connectivity index (χ0n) is 9.08. The van der Waals surface area contributed by atoms with Gasteiger partial charge in [0.25, 0.3) is 0 Å². The van der Waals surface area contributed by atoms with Gasteiger partial charge in [0.05, 0.1) is 5.69 Å². The molecular formula is C10H16N2OS2. The summed E-state index contributed by atoms with van der Waals surface area (Å²) in [6.45, 7) is 4.13. The first-order valence-corrected chi connectivity index (χ1v) is 7.51. The summed E-state index contributed by atoms with van der Waals surface area (Å²) >= 11 is 1.71. The quantitative estimate of drug-likeness (QED) is 0.866. The first-order chi connectivity index (χ1) is 7.15. The molecule has 1 aliphatic rings. The smallest absolute Gasteiger partial charge is 0.183 e. The van der Waals surface area contributed by atoms with Crippen molar-refractivity contribution in [1.82, 2.24) is 4.98 Å². The highest BCUT2D eigenvalue weighted by molar-refractivity contribution is 7.85. The molecule has 1 fully saturated rings. The van der Waals surface area contributed by atoms with Crippen molar-refractivity contribution in [1.29, 1.82) is 0 Å². The minimum atomic E-state index is -0.575. The lowest BCUT2D eigenvalue weighted by molar-refractivity contribution is 0.623. The average Bonchev–Trinajstić information content (AvgIpc) is 2.50. The van der Waals surface area contributed by atoms with Crippen LogP contribution in [0.15, 0.2) is 0 Å². The summed E-state index contributed by atoms with van der Waals surface area (Å²) in [5.41, 5.74) is 1.11. The fourth-order valence-corrected chi connectivity index (χ4v) is 3.84. The molecule has 1 aromatic rings. The monoisotopic (exact) mass is 244 g/mol. The number of aryl methyl sites for hydroxylation is 2. The molecular weight excluding hydrogens is 228 g/mol. The summed E-state index contributed by atoms with van der Waals surface area (Å²) in [5.74, 6) is 1.67. The Labute approximate surface area is 96.8 Å². The molecule has 5 heteroatoms. The van der Waals surface area contributed by atoms with Gasteiger partial charge < -0.3 is 5.32 Å². The first-order valence-electron chi connectivity index (χ1n) is 5.20. The maximum absolute atomic E-state index is 11.2. The first kappa shape index (κ1) is 11.1. The third-order valence-corrected chi connectivity index (χ3v) is 5.13. The molecule has 0 saturated carbocycles. The molecule has 1 aromatic heterocycles. The Kier molecular flexibility index (Phi) is 3.41. The van der Waals surface area contributed by atoms with Gasteiger partial charge in [0.15, 0.2) is 5.13 Å². The number of hydrogen-bond acceptors (Lipinski definition) is 4. The number of nitrogens with zero attached hydrogens (tertiary/aromatic N) is 1. The van der Waals surface area contributed by atoms with Gasteiger partial charge in [-0.3, -0.25) is 4.21 Å².